The second kappa shape index (κ2) is 6.37. The van der Waals surface area contributed by atoms with Crippen LogP contribution in [0.1, 0.15) is 44.6 Å². The van der Waals surface area contributed by atoms with Crippen LogP contribution in [0, 0.1) is 0 Å². The molecule has 1 atom stereocenters. The second-order valence-corrected chi connectivity index (χ2v) is 6.96. The van der Waals surface area contributed by atoms with E-state index in [9.17, 15) is 5.11 Å². The van der Waals surface area contributed by atoms with Crippen molar-refractivity contribution in [2.75, 3.05) is 24.6 Å². The molecule has 0 aromatic heterocycles. The third-order valence-corrected chi connectivity index (χ3v) is 4.87. The van der Waals surface area contributed by atoms with Crippen LogP contribution in [-0.2, 0) is 6.42 Å². The number of rotatable bonds is 8. The number of anilines is 1. The number of para-hydroxylation sites is 1. The van der Waals surface area contributed by atoms with Crippen molar-refractivity contribution >= 4 is 5.69 Å². The van der Waals surface area contributed by atoms with Crippen molar-refractivity contribution in [3.8, 4) is 0 Å². The molecule has 0 saturated heterocycles. The van der Waals surface area contributed by atoms with Gasteiger partial charge in [-0.2, -0.15) is 0 Å². The van der Waals surface area contributed by atoms with Crippen molar-refractivity contribution in [2.45, 2.75) is 57.0 Å². The molecule has 0 radical (unpaired) electrons. The zero-order chi connectivity index (χ0) is 14.7. The summed E-state index contributed by atoms with van der Waals surface area (Å²) in [5, 5.41) is 13.2. The summed E-state index contributed by atoms with van der Waals surface area (Å²) in [6.07, 6.45) is 7.19. The molecule has 0 bridgehead atoms. The molecule has 1 unspecified atom stereocenters. The molecule has 1 aromatic rings. The van der Waals surface area contributed by atoms with E-state index in [4.69, 9.17) is 0 Å². The van der Waals surface area contributed by atoms with Crippen LogP contribution in [0.4, 0.5) is 5.69 Å². The van der Waals surface area contributed by atoms with E-state index in [1.165, 1.54) is 43.4 Å². The van der Waals surface area contributed by atoms with Crippen LogP contribution in [0.2, 0.25) is 0 Å². The average molecular weight is 288 g/mol. The highest BCUT2D eigenvalue weighted by atomic mass is 16.3. The Morgan fingerprint density at radius 2 is 2.10 bits per heavy atom. The first-order chi connectivity index (χ1) is 10.2. The first-order valence-corrected chi connectivity index (χ1v) is 8.42. The van der Waals surface area contributed by atoms with E-state index in [0.717, 1.165) is 19.5 Å². The molecule has 21 heavy (non-hydrogen) atoms. The fourth-order valence-corrected chi connectivity index (χ4v) is 3.37. The van der Waals surface area contributed by atoms with Crippen molar-refractivity contribution in [1.29, 1.82) is 0 Å². The highest BCUT2D eigenvalue weighted by molar-refractivity contribution is 5.57. The lowest BCUT2D eigenvalue weighted by atomic mass is 9.95. The SMILES string of the molecule is CC(CO)(CCCCN1CCc2ccccc21)NC1CC1. The summed E-state index contributed by atoms with van der Waals surface area (Å²) in [7, 11) is 0. The molecule has 3 nitrogen and oxygen atoms in total. The number of nitrogens with zero attached hydrogens (tertiary/aromatic N) is 1. The maximum absolute atomic E-state index is 9.63. The summed E-state index contributed by atoms with van der Waals surface area (Å²) in [5.41, 5.74) is 2.84. The van der Waals surface area contributed by atoms with E-state index in [2.05, 4.69) is 41.4 Å². The van der Waals surface area contributed by atoms with Crippen LogP contribution >= 0.6 is 0 Å². The van der Waals surface area contributed by atoms with Gasteiger partial charge in [0.1, 0.15) is 0 Å². The third kappa shape index (κ3) is 3.78. The van der Waals surface area contributed by atoms with Crippen LogP contribution in [0.5, 0.6) is 0 Å². The standard InChI is InChI=1S/C18H28N2O/c1-18(14-21,19-16-8-9-16)11-4-5-12-20-13-10-15-6-2-3-7-17(15)20/h2-3,6-7,16,19,21H,4-5,8-14H2,1H3. The van der Waals surface area contributed by atoms with Gasteiger partial charge < -0.3 is 15.3 Å². The van der Waals surface area contributed by atoms with Crippen LogP contribution in [0.15, 0.2) is 24.3 Å². The number of nitrogens with one attached hydrogen (secondary N) is 1. The average Bonchev–Trinajstić information content (AvgIpc) is 3.21. The summed E-state index contributed by atoms with van der Waals surface area (Å²) in [5.74, 6) is 0. The molecular formula is C18H28N2O. The van der Waals surface area contributed by atoms with Crippen molar-refractivity contribution in [3.63, 3.8) is 0 Å². The van der Waals surface area contributed by atoms with Gasteiger partial charge in [-0.05, 0) is 57.1 Å². The van der Waals surface area contributed by atoms with Gasteiger partial charge in [0.25, 0.3) is 0 Å². The normalized spacial score (nSPS) is 20.4. The number of benzene rings is 1. The number of aliphatic hydroxyl groups is 1. The highest BCUT2D eigenvalue weighted by Crippen LogP contribution is 2.28. The first-order valence-electron chi connectivity index (χ1n) is 8.42. The molecule has 116 valence electrons. The van der Waals surface area contributed by atoms with E-state index >= 15 is 0 Å². The molecule has 1 aromatic carbocycles. The van der Waals surface area contributed by atoms with Gasteiger partial charge in [0.05, 0.1) is 6.61 Å². The van der Waals surface area contributed by atoms with Crippen molar-refractivity contribution in [1.82, 2.24) is 5.32 Å². The molecule has 3 heteroatoms. The molecule has 3 rings (SSSR count). The van der Waals surface area contributed by atoms with Gasteiger partial charge in [-0.3, -0.25) is 0 Å². The number of fused-ring (bicyclic) bond motifs is 1. The lowest BCUT2D eigenvalue weighted by Gasteiger charge is -2.29. The van der Waals surface area contributed by atoms with Crippen molar-refractivity contribution in [3.05, 3.63) is 29.8 Å². The fraction of sp³-hybridized carbons (Fsp3) is 0.667. The molecule has 0 amide bonds. The lowest BCUT2D eigenvalue weighted by Crippen LogP contribution is -2.47. The minimum absolute atomic E-state index is 0.0793. The zero-order valence-corrected chi connectivity index (χ0v) is 13.1. The summed E-state index contributed by atoms with van der Waals surface area (Å²) >= 11 is 0. The van der Waals surface area contributed by atoms with E-state index < -0.39 is 0 Å². The highest BCUT2D eigenvalue weighted by Gasteiger charge is 2.31. The molecule has 1 aliphatic heterocycles. The minimum atomic E-state index is -0.0793. The molecular weight excluding hydrogens is 260 g/mol. The summed E-state index contributed by atoms with van der Waals surface area (Å²) in [4.78, 5) is 2.51. The molecule has 0 spiro atoms. The van der Waals surface area contributed by atoms with Crippen LogP contribution in [0.3, 0.4) is 0 Å². The summed E-state index contributed by atoms with van der Waals surface area (Å²) in [6.45, 7) is 4.71. The van der Waals surface area contributed by atoms with E-state index in [-0.39, 0.29) is 12.1 Å². The van der Waals surface area contributed by atoms with Crippen molar-refractivity contribution < 1.29 is 5.11 Å². The van der Waals surface area contributed by atoms with Gasteiger partial charge >= 0.3 is 0 Å². The molecule has 1 heterocycles. The Bertz CT molecular complexity index is 472. The Labute approximate surface area is 128 Å². The van der Waals surface area contributed by atoms with Gasteiger partial charge in [0.15, 0.2) is 0 Å². The predicted molar refractivity (Wildman–Crippen MR) is 87.9 cm³/mol. The number of hydrogen-bond acceptors (Lipinski definition) is 3. The van der Waals surface area contributed by atoms with Crippen LogP contribution in [-0.4, -0.2) is 36.4 Å². The number of aliphatic hydroxyl groups excluding tert-OH is 1. The Morgan fingerprint density at radius 1 is 1.29 bits per heavy atom. The van der Waals surface area contributed by atoms with Gasteiger partial charge in [-0.15, -0.1) is 0 Å². The number of unbranched alkanes of at least 4 members (excludes halogenated alkanes) is 1. The lowest BCUT2D eigenvalue weighted by molar-refractivity contribution is 0.161. The van der Waals surface area contributed by atoms with Gasteiger partial charge in [0, 0.05) is 30.4 Å². The second-order valence-electron chi connectivity index (χ2n) is 6.96. The van der Waals surface area contributed by atoms with E-state index in [0.29, 0.717) is 6.04 Å². The monoisotopic (exact) mass is 288 g/mol. The Hall–Kier alpha value is -1.06. The number of hydrogen-bond donors (Lipinski definition) is 2. The van der Waals surface area contributed by atoms with Crippen LogP contribution in [0.25, 0.3) is 0 Å². The quantitative estimate of drug-likeness (QED) is 0.722. The van der Waals surface area contributed by atoms with Crippen LogP contribution < -0.4 is 10.2 Å². The summed E-state index contributed by atoms with van der Waals surface area (Å²) < 4.78 is 0. The molecule has 1 aliphatic carbocycles. The summed E-state index contributed by atoms with van der Waals surface area (Å²) in [6, 6.07) is 9.43. The van der Waals surface area contributed by atoms with E-state index in [1.54, 1.807) is 0 Å². The minimum Gasteiger partial charge on any atom is -0.394 e. The topological polar surface area (TPSA) is 35.5 Å². The zero-order valence-electron chi connectivity index (χ0n) is 13.1. The smallest absolute Gasteiger partial charge is 0.0610 e. The first kappa shape index (κ1) is 14.9. The van der Waals surface area contributed by atoms with Gasteiger partial charge in [-0.1, -0.05) is 18.2 Å². The maximum Gasteiger partial charge on any atom is 0.0610 e. The largest absolute Gasteiger partial charge is 0.394 e. The Balaban J connectivity index is 1.42. The third-order valence-electron chi connectivity index (χ3n) is 4.87. The Kier molecular flexibility index (Phi) is 4.51. The molecule has 1 fully saturated rings. The van der Waals surface area contributed by atoms with E-state index in [1.807, 2.05) is 0 Å². The maximum atomic E-state index is 9.63. The molecule has 1 saturated carbocycles. The molecule has 2 N–H and O–H groups in total. The fourth-order valence-electron chi connectivity index (χ4n) is 3.37. The van der Waals surface area contributed by atoms with Gasteiger partial charge in [-0.25, -0.2) is 0 Å². The molecule has 2 aliphatic rings. The van der Waals surface area contributed by atoms with Gasteiger partial charge in [0.2, 0.25) is 0 Å². The predicted octanol–water partition coefficient (Wildman–Crippen LogP) is 2.72. The Morgan fingerprint density at radius 3 is 2.86 bits per heavy atom. The van der Waals surface area contributed by atoms with Crippen molar-refractivity contribution in [2.24, 2.45) is 0 Å².